The second kappa shape index (κ2) is 4.91. The van der Waals surface area contributed by atoms with Crippen LogP contribution in [0.3, 0.4) is 0 Å². The average Bonchev–Trinajstić information content (AvgIpc) is 2.25. The van der Waals surface area contributed by atoms with Gasteiger partial charge in [-0.05, 0) is 6.07 Å². The molecular formula is C8H11N5O3. The number of carbonyl (C=O) groups is 1. The largest absolute Gasteiger partial charge is 0.373 e. The molecule has 1 rings (SSSR count). The molecule has 0 bridgehead atoms. The Bertz CT molecular complexity index is 420. The van der Waals surface area contributed by atoms with Crippen LogP contribution in [0.5, 0.6) is 0 Å². The molecule has 0 fully saturated rings. The van der Waals surface area contributed by atoms with Crippen LogP contribution in [-0.4, -0.2) is 29.4 Å². The number of hydrogen-bond donors (Lipinski definition) is 3. The first-order valence-electron chi connectivity index (χ1n) is 4.40. The van der Waals surface area contributed by atoms with Crippen molar-refractivity contribution in [1.82, 2.24) is 4.98 Å². The van der Waals surface area contributed by atoms with E-state index in [1.165, 1.54) is 12.1 Å². The number of nitro groups is 1. The highest BCUT2D eigenvalue weighted by molar-refractivity contribution is 5.79. The fourth-order valence-electron chi connectivity index (χ4n) is 1.04. The summed E-state index contributed by atoms with van der Waals surface area (Å²) in [6.45, 7) is -0.207. The van der Waals surface area contributed by atoms with E-state index < -0.39 is 10.8 Å². The second-order valence-electron chi connectivity index (χ2n) is 2.89. The van der Waals surface area contributed by atoms with Gasteiger partial charge in [0, 0.05) is 13.1 Å². The van der Waals surface area contributed by atoms with Gasteiger partial charge in [0.2, 0.25) is 11.7 Å². The molecule has 1 aromatic heterocycles. The van der Waals surface area contributed by atoms with Gasteiger partial charge in [-0.3, -0.25) is 14.9 Å². The van der Waals surface area contributed by atoms with Crippen LogP contribution in [0.15, 0.2) is 12.1 Å². The topological polar surface area (TPSA) is 123 Å². The van der Waals surface area contributed by atoms with Crippen molar-refractivity contribution in [3.63, 3.8) is 0 Å². The Morgan fingerprint density at radius 2 is 2.31 bits per heavy atom. The number of rotatable bonds is 5. The molecule has 1 aromatic rings. The number of carbonyl (C=O) groups excluding carboxylic acids is 1. The van der Waals surface area contributed by atoms with Crippen molar-refractivity contribution in [1.29, 1.82) is 0 Å². The highest BCUT2D eigenvalue weighted by Crippen LogP contribution is 2.23. The number of aromatic nitrogens is 1. The maximum Gasteiger partial charge on any atom is 0.311 e. The van der Waals surface area contributed by atoms with Crippen molar-refractivity contribution in [2.75, 3.05) is 24.2 Å². The summed E-state index contributed by atoms with van der Waals surface area (Å²) in [7, 11) is 1.63. The van der Waals surface area contributed by atoms with Crippen molar-refractivity contribution < 1.29 is 9.72 Å². The summed E-state index contributed by atoms with van der Waals surface area (Å²) in [5.41, 5.74) is 4.71. The van der Waals surface area contributed by atoms with Gasteiger partial charge in [-0.15, -0.1) is 0 Å². The Labute approximate surface area is 91.0 Å². The van der Waals surface area contributed by atoms with Gasteiger partial charge in [0.05, 0.1) is 11.5 Å². The molecular weight excluding hydrogens is 214 g/mol. The first-order valence-corrected chi connectivity index (χ1v) is 4.40. The lowest BCUT2D eigenvalue weighted by atomic mass is 10.3. The van der Waals surface area contributed by atoms with E-state index in [-0.39, 0.29) is 18.1 Å². The molecule has 8 nitrogen and oxygen atoms in total. The second-order valence-corrected chi connectivity index (χ2v) is 2.89. The number of nitrogens with zero attached hydrogens (tertiary/aromatic N) is 2. The van der Waals surface area contributed by atoms with Crippen LogP contribution in [0.4, 0.5) is 17.3 Å². The van der Waals surface area contributed by atoms with E-state index in [2.05, 4.69) is 15.6 Å². The van der Waals surface area contributed by atoms with Crippen LogP contribution >= 0.6 is 0 Å². The minimum atomic E-state index is -0.619. The molecule has 16 heavy (non-hydrogen) atoms. The highest BCUT2D eigenvalue weighted by atomic mass is 16.6. The summed E-state index contributed by atoms with van der Waals surface area (Å²) >= 11 is 0. The minimum Gasteiger partial charge on any atom is -0.373 e. The zero-order valence-corrected chi connectivity index (χ0v) is 8.56. The Morgan fingerprint density at radius 3 is 2.81 bits per heavy atom. The summed E-state index contributed by atoms with van der Waals surface area (Å²) < 4.78 is 0. The maximum absolute atomic E-state index is 10.7. The van der Waals surface area contributed by atoms with Gasteiger partial charge in [-0.1, -0.05) is 0 Å². The number of hydrogen-bond acceptors (Lipinski definition) is 6. The lowest BCUT2D eigenvalue weighted by Crippen LogP contribution is -2.22. The first-order chi connectivity index (χ1) is 7.54. The number of pyridine rings is 1. The van der Waals surface area contributed by atoms with Crippen LogP contribution in [0.1, 0.15) is 0 Å². The first kappa shape index (κ1) is 11.7. The third kappa shape index (κ3) is 2.80. The fraction of sp³-hybridized carbons (Fsp3) is 0.250. The number of anilines is 2. The smallest absolute Gasteiger partial charge is 0.311 e. The lowest BCUT2D eigenvalue weighted by molar-refractivity contribution is -0.384. The Balaban J connectivity index is 3.00. The maximum atomic E-state index is 10.7. The van der Waals surface area contributed by atoms with Crippen LogP contribution in [0.25, 0.3) is 0 Å². The number of nitrogens with two attached hydrogens (primary N) is 1. The van der Waals surface area contributed by atoms with E-state index in [1.807, 2.05) is 0 Å². The SMILES string of the molecule is CNc1ccc([N+](=O)[O-])c(NCC(N)=O)n1. The minimum absolute atomic E-state index is 0.00986. The van der Waals surface area contributed by atoms with E-state index >= 15 is 0 Å². The van der Waals surface area contributed by atoms with E-state index in [0.717, 1.165) is 0 Å². The molecule has 0 spiro atoms. The lowest BCUT2D eigenvalue weighted by Gasteiger charge is -2.06. The van der Waals surface area contributed by atoms with Gasteiger partial charge in [-0.25, -0.2) is 4.98 Å². The Morgan fingerprint density at radius 1 is 1.62 bits per heavy atom. The zero-order chi connectivity index (χ0) is 12.1. The molecule has 1 amide bonds. The fourth-order valence-corrected chi connectivity index (χ4v) is 1.04. The zero-order valence-electron chi connectivity index (χ0n) is 8.56. The van der Waals surface area contributed by atoms with Gasteiger partial charge in [0.25, 0.3) is 0 Å². The normalized spacial score (nSPS) is 9.56. The molecule has 8 heteroatoms. The predicted molar refractivity (Wildman–Crippen MR) is 58.1 cm³/mol. The van der Waals surface area contributed by atoms with E-state index in [4.69, 9.17) is 5.73 Å². The number of primary amides is 1. The molecule has 0 atom stereocenters. The van der Waals surface area contributed by atoms with Gasteiger partial charge >= 0.3 is 5.69 Å². The number of amides is 1. The van der Waals surface area contributed by atoms with Crippen molar-refractivity contribution in [3.05, 3.63) is 22.2 Å². The summed E-state index contributed by atoms with van der Waals surface area (Å²) in [4.78, 5) is 24.5. The van der Waals surface area contributed by atoms with Crippen molar-refractivity contribution in [3.8, 4) is 0 Å². The molecule has 0 aliphatic heterocycles. The van der Waals surface area contributed by atoms with Gasteiger partial charge < -0.3 is 16.4 Å². The molecule has 1 heterocycles. The standard InChI is InChI=1S/C8H11N5O3/c1-10-7-3-2-5(13(15)16)8(12-7)11-4-6(9)14/h2-3H,4H2,1H3,(H2,9,14)(H2,10,11,12). The van der Waals surface area contributed by atoms with Crippen molar-refractivity contribution in [2.45, 2.75) is 0 Å². The summed E-state index contributed by atoms with van der Waals surface area (Å²) in [6, 6.07) is 2.76. The van der Waals surface area contributed by atoms with Crippen LogP contribution in [0, 0.1) is 10.1 Å². The molecule has 0 saturated carbocycles. The van der Waals surface area contributed by atoms with Crippen molar-refractivity contribution in [2.24, 2.45) is 5.73 Å². The number of nitrogens with one attached hydrogen (secondary N) is 2. The van der Waals surface area contributed by atoms with Gasteiger partial charge in [0.15, 0.2) is 0 Å². The van der Waals surface area contributed by atoms with E-state index in [1.54, 1.807) is 7.05 Å². The Kier molecular flexibility index (Phi) is 3.59. The van der Waals surface area contributed by atoms with E-state index in [0.29, 0.717) is 5.82 Å². The monoisotopic (exact) mass is 225 g/mol. The van der Waals surface area contributed by atoms with Crippen LogP contribution in [0.2, 0.25) is 0 Å². The molecule has 0 aromatic carbocycles. The molecule has 0 saturated heterocycles. The van der Waals surface area contributed by atoms with Crippen LogP contribution < -0.4 is 16.4 Å². The summed E-state index contributed by atoms with van der Waals surface area (Å²) in [5, 5.41) is 15.9. The Hall–Kier alpha value is -2.38. The van der Waals surface area contributed by atoms with Gasteiger partial charge in [-0.2, -0.15) is 0 Å². The molecule has 86 valence electrons. The van der Waals surface area contributed by atoms with Crippen LogP contribution in [-0.2, 0) is 4.79 Å². The average molecular weight is 225 g/mol. The molecule has 4 N–H and O–H groups in total. The molecule has 0 unspecified atom stereocenters. The molecule has 0 aliphatic rings. The quantitative estimate of drug-likeness (QED) is 0.476. The third-order valence-electron chi connectivity index (χ3n) is 1.76. The third-order valence-corrected chi connectivity index (χ3v) is 1.76. The molecule has 0 radical (unpaired) electrons. The highest BCUT2D eigenvalue weighted by Gasteiger charge is 2.15. The predicted octanol–water partition coefficient (Wildman–Crippen LogP) is -0.0713. The molecule has 0 aliphatic carbocycles. The van der Waals surface area contributed by atoms with Crippen molar-refractivity contribution >= 4 is 23.2 Å². The van der Waals surface area contributed by atoms with E-state index in [9.17, 15) is 14.9 Å². The van der Waals surface area contributed by atoms with Gasteiger partial charge in [0.1, 0.15) is 5.82 Å². The summed E-state index contributed by atoms with van der Waals surface area (Å²) in [6.07, 6.45) is 0. The summed E-state index contributed by atoms with van der Waals surface area (Å²) in [5.74, 6) is -0.154.